The highest BCUT2D eigenvalue weighted by Gasteiger charge is 2.34. The second-order valence-electron chi connectivity index (χ2n) is 10.3. The van der Waals surface area contributed by atoms with Gasteiger partial charge in [0, 0.05) is 62.6 Å². The molecule has 0 spiro atoms. The Labute approximate surface area is 215 Å². The molecule has 37 heavy (non-hydrogen) atoms. The number of amides is 2. The van der Waals surface area contributed by atoms with E-state index < -0.39 is 0 Å². The van der Waals surface area contributed by atoms with E-state index in [4.69, 9.17) is 0 Å². The van der Waals surface area contributed by atoms with Gasteiger partial charge >= 0.3 is 6.03 Å². The summed E-state index contributed by atoms with van der Waals surface area (Å²) in [5.74, 6) is 0.759. The molecule has 6 heterocycles. The van der Waals surface area contributed by atoms with Gasteiger partial charge in [-0.2, -0.15) is 5.10 Å². The summed E-state index contributed by atoms with van der Waals surface area (Å²) < 4.78 is 1.86. The Hall–Kier alpha value is -3.92. The van der Waals surface area contributed by atoms with Crippen molar-refractivity contribution in [3.8, 4) is 0 Å². The fourth-order valence-electron chi connectivity index (χ4n) is 6.04. The van der Waals surface area contributed by atoms with Crippen LogP contribution in [0.25, 0.3) is 27.5 Å². The number of rotatable bonds is 3. The highest BCUT2D eigenvalue weighted by molar-refractivity contribution is 5.93. The van der Waals surface area contributed by atoms with Gasteiger partial charge < -0.3 is 20.1 Å². The monoisotopic (exact) mass is 497 g/mol. The lowest BCUT2D eigenvalue weighted by atomic mass is 10.0. The Morgan fingerprint density at radius 3 is 2.95 bits per heavy atom. The van der Waals surface area contributed by atoms with Gasteiger partial charge in [0.05, 0.1) is 17.1 Å². The summed E-state index contributed by atoms with van der Waals surface area (Å²) in [4.78, 5) is 32.2. The Kier molecular flexibility index (Phi) is 5.35. The average Bonchev–Trinajstić information content (AvgIpc) is 3.67. The smallest absolute Gasteiger partial charge is 0.320 e. The summed E-state index contributed by atoms with van der Waals surface area (Å²) in [6.07, 6.45) is 8.90. The van der Waals surface area contributed by atoms with Crippen LogP contribution in [0.15, 0.2) is 42.9 Å². The predicted octanol–water partition coefficient (Wildman–Crippen LogP) is 3.58. The predicted molar refractivity (Wildman–Crippen MR) is 144 cm³/mol. The molecule has 3 aromatic heterocycles. The molecule has 0 radical (unpaired) electrons. The Morgan fingerprint density at radius 2 is 2.05 bits per heavy atom. The van der Waals surface area contributed by atoms with Gasteiger partial charge in [-0.1, -0.05) is 6.08 Å². The lowest BCUT2D eigenvalue weighted by molar-refractivity contribution is 0.0975. The number of aromatic nitrogens is 5. The largest absolute Gasteiger partial charge is 0.340 e. The average molecular weight is 498 g/mol. The van der Waals surface area contributed by atoms with E-state index in [0.29, 0.717) is 12.6 Å². The van der Waals surface area contributed by atoms with E-state index >= 15 is 0 Å². The van der Waals surface area contributed by atoms with E-state index in [1.807, 2.05) is 28.9 Å². The van der Waals surface area contributed by atoms with Crippen LogP contribution in [0.2, 0.25) is 0 Å². The number of benzene rings is 1. The second-order valence-corrected chi connectivity index (χ2v) is 10.3. The minimum Gasteiger partial charge on any atom is -0.340 e. The van der Waals surface area contributed by atoms with Crippen molar-refractivity contribution >= 4 is 45.0 Å². The van der Waals surface area contributed by atoms with Gasteiger partial charge in [0.25, 0.3) is 0 Å². The number of carbonyl (C=O) groups is 1. The third kappa shape index (κ3) is 4.01. The Balaban J connectivity index is 1.07. The summed E-state index contributed by atoms with van der Waals surface area (Å²) in [6, 6.07) is 9.01. The van der Waals surface area contributed by atoms with Gasteiger partial charge in [0.15, 0.2) is 0 Å². The quantitative estimate of drug-likeness (QED) is 0.449. The van der Waals surface area contributed by atoms with Gasteiger partial charge in [-0.3, -0.25) is 9.58 Å². The minimum absolute atomic E-state index is 0.182. The van der Waals surface area contributed by atoms with E-state index in [1.54, 1.807) is 6.33 Å². The molecule has 10 heteroatoms. The number of H-pyrrole nitrogens is 1. The third-order valence-corrected chi connectivity index (χ3v) is 8.12. The van der Waals surface area contributed by atoms with Crippen molar-refractivity contribution in [3.63, 3.8) is 0 Å². The van der Waals surface area contributed by atoms with Crippen LogP contribution in [0.3, 0.4) is 0 Å². The lowest BCUT2D eigenvalue weighted by Crippen LogP contribution is -2.55. The number of nitrogens with zero attached hydrogens (tertiary/aromatic N) is 7. The molecule has 1 unspecified atom stereocenters. The summed E-state index contributed by atoms with van der Waals surface area (Å²) in [5, 5.41) is 9.79. The number of aryl methyl sites for hydroxylation is 1. The van der Waals surface area contributed by atoms with Gasteiger partial charge in [-0.25, -0.2) is 14.8 Å². The van der Waals surface area contributed by atoms with Crippen molar-refractivity contribution < 1.29 is 4.79 Å². The number of carbonyl (C=O) groups excluding carboxylic acids is 1. The normalized spacial score (nSPS) is 20.5. The van der Waals surface area contributed by atoms with Crippen molar-refractivity contribution in [3.05, 3.63) is 48.6 Å². The van der Waals surface area contributed by atoms with E-state index in [9.17, 15) is 4.79 Å². The number of aromatic amines is 1. The van der Waals surface area contributed by atoms with Crippen LogP contribution in [0.5, 0.6) is 0 Å². The molecule has 1 atom stereocenters. The first kappa shape index (κ1) is 22.3. The molecule has 3 aliphatic rings. The molecule has 1 aromatic carbocycles. The molecule has 0 saturated carbocycles. The molecular formula is C27H31N9O. The number of piperazine rings is 1. The number of fused-ring (bicyclic) bond motifs is 3. The minimum atomic E-state index is 0.182. The summed E-state index contributed by atoms with van der Waals surface area (Å²) in [5.41, 5.74) is 5.08. The zero-order chi connectivity index (χ0) is 24.9. The molecule has 3 aliphatic heterocycles. The highest BCUT2D eigenvalue weighted by atomic mass is 16.2. The molecule has 10 nitrogen and oxygen atoms in total. The number of hydrogen-bond acceptors (Lipinski definition) is 6. The zero-order valence-electron chi connectivity index (χ0n) is 21.0. The summed E-state index contributed by atoms with van der Waals surface area (Å²) >= 11 is 0. The first-order valence-corrected chi connectivity index (χ1v) is 13.1. The van der Waals surface area contributed by atoms with E-state index in [0.717, 1.165) is 71.7 Å². The van der Waals surface area contributed by atoms with E-state index in [1.165, 1.54) is 25.0 Å². The van der Waals surface area contributed by atoms with Gasteiger partial charge in [-0.05, 0) is 55.6 Å². The molecule has 2 N–H and O–H groups in total. The van der Waals surface area contributed by atoms with Crippen LogP contribution < -0.4 is 5.32 Å². The van der Waals surface area contributed by atoms with Crippen LogP contribution >= 0.6 is 0 Å². The molecule has 2 fully saturated rings. The van der Waals surface area contributed by atoms with Crippen molar-refractivity contribution in [2.45, 2.75) is 25.3 Å². The number of nitrogens with one attached hydrogen (secondary N) is 2. The van der Waals surface area contributed by atoms with Crippen molar-refractivity contribution in [2.24, 2.45) is 7.05 Å². The first-order chi connectivity index (χ1) is 18.1. The molecule has 4 aromatic rings. The maximum absolute atomic E-state index is 13.2. The van der Waals surface area contributed by atoms with Gasteiger partial charge in [-0.15, -0.1) is 0 Å². The maximum atomic E-state index is 13.2. The molecule has 0 aliphatic carbocycles. The fraction of sp³-hybridized carbons (Fsp3) is 0.407. The summed E-state index contributed by atoms with van der Waals surface area (Å²) in [6.45, 7) is 5.27. The fourth-order valence-corrected chi connectivity index (χ4v) is 6.04. The molecule has 7 rings (SSSR count). The van der Waals surface area contributed by atoms with E-state index in [2.05, 4.69) is 59.4 Å². The summed E-state index contributed by atoms with van der Waals surface area (Å²) in [7, 11) is 1.94. The molecule has 190 valence electrons. The number of hydrogen-bond donors (Lipinski definition) is 2. The topological polar surface area (TPSA) is 98.2 Å². The van der Waals surface area contributed by atoms with Gasteiger partial charge in [0.1, 0.15) is 17.8 Å². The molecular weight excluding hydrogens is 466 g/mol. The van der Waals surface area contributed by atoms with Crippen LogP contribution in [0.1, 0.15) is 25.0 Å². The van der Waals surface area contributed by atoms with Gasteiger partial charge in [0.2, 0.25) is 0 Å². The standard InChI is InChI=1S/C27H31N9O/c1-33-24-5-4-20(13-19(24)15-30-33)31-25-22-14-23(32-26(22)29-17-28-25)18-6-9-35(10-7-18)27(37)36-12-11-34-8-2-3-21(34)16-36/h4-6,13-15,17,21H,2-3,7-12,16H2,1H3,(H2,28,29,31,32). The molecule has 2 amide bonds. The number of anilines is 2. The van der Waals surface area contributed by atoms with Crippen LogP contribution in [-0.2, 0) is 7.05 Å². The van der Waals surface area contributed by atoms with Crippen molar-refractivity contribution in [1.29, 1.82) is 0 Å². The Morgan fingerprint density at radius 1 is 1.11 bits per heavy atom. The van der Waals surface area contributed by atoms with Crippen LogP contribution in [0, 0.1) is 0 Å². The maximum Gasteiger partial charge on any atom is 0.320 e. The first-order valence-electron chi connectivity index (χ1n) is 13.1. The molecule has 0 bridgehead atoms. The second kappa shape index (κ2) is 8.88. The number of urea groups is 1. The van der Waals surface area contributed by atoms with Crippen LogP contribution in [0.4, 0.5) is 16.3 Å². The Bertz CT molecular complexity index is 1520. The van der Waals surface area contributed by atoms with Crippen molar-refractivity contribution in [2.75, 3.05) is 44.6 Å². The SMILES string of the molecule is Cn1ncc2cc(Nc3ncnc4[nH]c(C5=CCN(C(=O)N6CCN7CCCC7C6)CC5)cc34)ccc21. The lowest BCUT2D eigenvalue weighted by Gasteiger charge is -2.40. The van der Waals surface area contributed by atoms with Crippen molar-refractivity contribution in [1.82, 2.24) is 39.4 Å². The van der Waals surface area contributed by atoms with E-state index in [-0.39, 0.29) is 6.03 Å². The highest BCUT2D eigenvalue weighted by Crippen LogP contribution is 2.30. The third-order valence-electron chi connectivity index (χ3n) is 8.12. The molecule has 2 saturated heterocycles. The van der Waals surface area contributed by atoms with Crippen LogP contribution in [-0.4, -0.2) is 90.8 Å². The zero-order valence-corrected chi connectivity index (χ0v) is 21.0.